The minimum absolute atomic E-state index is 0.0119. The predicted octanol–water partition coefficient (Wildman–Crippen LogP) is 5.73. The van der Waals surface area contributed by atoms with E-state index in [0.717, 1.165) is 16.7 Å². The SMILES string of the molecule is CC(=O)N1CC[C@](OCc2ccccc2)(c2ccc(Cl)cc2)[C@@H](OCc2cccc(F)c2)C1. The van der Waals surface area contributed by atoms with E-state index < -0.39 is 11.7 Å². The highest BCUT2D eigenvalue weighted by molar-refractivity contribution is 6.30. The molecule has 0 spiro atoms. The minimum atomic E-state index is -0.792. The van der Waals surface area contributed by atoms with Crippen LogP contribution in [-0.4, -0.2) is 30.0 Å². The number of carbonyl (C=O) groups excluding carboxylic acids is 1. The van der Waals surface area contributed by atoms with Crippen LogP contribution in [0.25, 0.3) is 0 Å². The summed E-state index contributed by atoms with van der Waals surface area (Å²) in [7, 11) is 0. The van der Waals surface area contributed by atoms with E-state index in [2.05, 4.69) is 0 Å². The van der Waals surface area contributed by atoms with Crippen LogP contribution < -0.4 is 0 Å². The maximum Gasteiger partial charge on any atom is 0.219 e. The van der Waals surface area contributed by atoms with Gasteiger partial charge in [0.2, 0.25) is 5.91 Å². The molecule has 1 aliphatic rings. The maximum absolute atomic E-state index is 13.7. The Bertz CT molecular complexity index is 1080. The number of halogens is 2. The lowest BCUT2D eigenvalue weighted by atomic mass is 9.81. The molecule has 3 aromatic rings. The average molecular weight is 468 g/mol. The van der Waals surface area contributed by atoms with E-state index in [-0.39, 0.29) is 18.3 Å². The summed E-state index contributed by atoms with van der Waals surface area (Å²) < 4.78 is 26.7. The van der Waals surface area contributed by atoms with Gasteiger partial charge in [-0.05, 0) is 41.0 Å². The van der Waals surface area contributed by atoms with Crippen LogP contribution in [-0.2, 0) is 33.1 Å². The van der Waals surface area contributed by atoms with Gasteiger partial charge in [-0.1, -0.05) is 66.2 Å². The van der Waals surface area contributed by atoms with E-state index in [4.69, 9.17) is 21.1 Å². The number of carbonyl (C=O) groups is 1. The molecule has 0 unspecified atom stereocenters. The van der Waals surface area contributed by atoms with E-state index in [9.17, 15) is 9.18 Å². The number of hydrogen-bond donors (Lipinski definition) is 0. The van der Waals surface area contributed by atoms with Crippen LogP contribution in [0.1, 0.15) is 30.0 Å². The molecule has 0 radical (unpaired) electrons. The highest BCUT2D eigenvalue weighted by Crippen LogP contribution is 2.40. The smallest absolute Gasteiger partial charge is 0.219 e. The third-order valence-electron chi connectivity index (χ3n) is 6.12. The van der Waals surface area contributed by atoms with Gasteiger partial charge in [0, 0.05) is 24.9 Å². The molecule has 172 valence electrons. The zero-order chi connectivity index (χ0) is 23.3. The second-order valence-electron chi connectivity index (χ2n) is 8.32. The van der Waals surface area contributed by atoms with Crippen molar-refractivity contribution < 1.29 is 18.7 Å². The molecule has 1 amide bonds. The van der Waals surface area contributed by atoms with Gasteiger partial charge in [-0.3, -0.25) is 4.79 Å². The molecular formula is C27H27ClFNO3. The first-order chi connectivity index (χ1) is 16.0. The summed E-state index contributed by atoms with van der Waals surface area (Å²) in [5.74, 6) is -0.323. The molecule has 1 heterocycles. The monoisotopic (exact) mass is 467 g/mol. The van der Waals surface area contributed by atoms with Gasteiger partial charge >= 0.3 is 0 Å². The molecule has 4 nitrogen and oxygen atoms in total. The Morgan fingerprint density at radius 2 is 1.76 bits per heavy atom. The molecule has 0 aromatic heterocycles. The van der Waals surface area contributed by atoms with Gasteiger partial charge in [0.25, 0.3) is 0 Å². The molecule has 0 saturated carbocycles. The van der Waals surface area contributed by atoms with E-state index in [1.54, 1.807) is 17.9 Å². The molecule has 1 aliphatic heterocycles. The fourth-order valence-corrected chi connectivity index (χ4v) is 4.42. The van der Waals surface area contributed by atoms with Crippen LogP contribution in [0.2, 0.25) is 5.02 Å². The summed E-state index contributed by atoms with van der Waals surface area (Å²) in [6.45, 7) is 3.08. The molecule has 1 fully saturated rings. The topological polar surface area (TPSA) is 38.8 Å². The van der Waals surface area contributed by atoms with Gasteiger partial charge in [-0.25, -0.2) is 4.39 Å². The van der Waals surface area contributed by atoms with E-state index >= 15 is 0 Å². The molecule has 6 heteroatoms. The molecule has 0 bridgehead atoms. The third kappa shape index (κ3) is 5.61. The molecular weight excluding hydrogens is 441 g/mol. The first kappa shape index (κ1) is 23.4. The molecule has 4 rings (SSSR count). The number of ether oxygens (including phenoxy) is 2. The number of hydrogen-bond acceptors (Lipinski definition) is 3. The lowest BCUT2D eigenvalue weighted by molar-refractivity contribution is -0.195. The van der Waals surface area contributed by atoms with Crippen molar-refractivity contribution in [2.45, 2.75) is 38.3 Å². The second kappa shape index (κ2) is 10.5. The lowest BCUT2D eigenvalue weighted by Crippen LogP contribution is -2.56. The molecule has 2 atom stereocenters. The predicted molar refractivity (Wildman–Crippen MR) is 126 cm³/mol. The van der Waals surface area contributed by atoms with Crippen LogP contribution in [0.5, 0.6) is 0 Å². The van der Waals surface area contributed by atoms with Crippen molar-refractivity contribution in [2.24, 2.45) is 0 Å². The van der Waals surface area contributed by atoms with E-state index in [0.29, 0.717) is 31.1 Å². The van der Waals surface area contributed by atoms with Crippen LogP contribution in [0.3, 0.4) is 0 Å². The summed E-state index contributed by atoms with van der Waals surface area (Å²) in [5.41, 5.74) is 1.92. The minimum Gasteiger partial charge on any atom is -0.368 e. The summed E-state index contributed by atoms with van der Waals surface area (Å²) >= 11 is 6.17. The van der Waals surface area contributed by atoms with Crippen LogP contribution >= 0.6 is 11.6 Å². The highest BCUT2D eigenvalue weighted by Gasteiger charge is 2.47. The average Bonchev–Trinajstić information content (AvgIpc) is 2.83. The first-order valence-corrected chi connectivity index (χ1v) is 11.4. The molecule has 0 N–H and O–H groups in total. The molecule has 33 heavy (non-hydrogen) atoms. The summed E-state index contributed by atoms with van der Waals surface area (Å²) in [4.78, 5) is 14.0. The lowest BCUT2D eigenvalue weighted by Gasteiger charge is -2.47. The third-order valence-corrected chi connectivity index (χ3v) is 6.37. The molecule has 1 saturated heterocycles. The Morgan fingerprint density at radius 3 is 2.45 bits per heavy atom. The molecule has 0 aliphatic carbocycles. The van der Waals surface area contributed by atoms with Crippen LogP contribution in [0.4, 0.5) is 4.39 Å². The van der Waals surface area contributed by atoms with Crippen molar-refractivity contribution in [1.29, 1.82) is 0 Å². The molecule has 3 aromatic carbocycles. The van der Waals surface area contributed by atoms with Gasteiger partial charge < -0.3 is 14.4 Å². The number of benzene rings is 3. The van der Waals surface area contributed by atoms with Gasteiger partial charge in [-0.15, -0.1) is 0 Å². The maximum atomic E-state index is 13.7. The summed E-state index contributed by atoms with van der Waals surface area (Å²) in [6.07, 6.45) is 0.109. The number of rotatable bonds is 7. The number of likely N-dealkylation sites (tertiary alicyclic amines) is 1. The Labute approximate surface area is 198 Å². The zero-order valence-electron chi connectivity index (χ0n) is 18.5. The number of piperidine rings is 1. The Balaban J connectivity index is 1.67. The first-order valence-electron chi connectivity index (χ1n) is 11.0. The Hall–Kier alpha value is -2.73. The summed E-state index contributed by atoms with van der Waals surface area (Å²) in [6, 6.07) is 23.9. The number of amides is 1. The van der Waals surface area contributed by atoms with E-state index in [1.165, 1.54) is 12.1 Å². The van der Waals surface area contributed by atoms with Crippen LogP contribution in [0.15, 0.2) is 78.9 Å². The van der Waals surface area contributed by atoms with Gasteiger partial charge in [0.15, 0.2) is 0 Å². The zero-order valence-corrected chi connectivity index (χ0v) is 19.3. The van der Waals surface area contributed by atoms with Crippen molar-refractivity contribution in [3.63, 3.8) is 0 Å². The van der Waals surface area contributed by atoms with Gasteiger partial charge in [0.1, 0.15) is 17.5 Å². The fourth-order valence-electron chi connectivity index (χ4n) is 4.29. The van der Waals surface area contributed by atoms with E-state index in [1.807, 2.05) is 60.7 Å². The van der Waals surface area contributed by atoms with Crippen molar-refractivity contribution in [3.8, 4) is 0 Å². The normalized spacial score (nSPS) is 20.6. The largest absolute Gasteiger partial charge is 0.368 e. The van der Waals surface area contributed by atoms with Crippen molar-refractivity contribution >= 4 is 17.5 Å². The quantitative estimate of drug-likeness (QED) is 0.445. The van der Waals surface area contributed by atoms with Gasteiger partial charge in [0.05, 0.1) is 19.8 Å². The van der Waals surface area contributed by atoms with Crippen molar-refractivity contribution in [2.75, 3.05) is 13.1 Å². The summed E-state index contributed by atoms with van der Waals surface area (Å²) in [5, 5.41) is 0.635. The van der Waals surface area contributed by atoms with Gasteiger partial charge in [-0.2, -0.15) is 0 Å². The van der Waals surface area contributed by atoms with Crippen LogP contribution in [0, 0.1) is 5.82 Å². The Kier molecular flexibility index (Phi) is 7.43. The fraction of sp³-hybridized carbons (Fsp3) is 0.296. The van der Waals surface area contributed by atoms with Crippen molar-refractivity contribution in [3.05, 3.63) is 106 Å². The Morgan fingerprint density at radius 1 is 1.03 bits per heavy atom. The van der Waals surface area contributed by atoms with Crippen molar-refractivity contribution in [1.82, 2.24) is 4.90 Å². The second-order valence-corrected chi connectivity index (χ2v) is 8.75. The standard InChI is InChI=1S/C27H27ClFNO3/c1-20(31)30-15-14-27(23-10-12-24(28)13-11-23,33-19-21-6-3-2-4-7-21)26(17-30)32-18-22-8-5-9-25(29)16-22/h2-13,16,26H,14-15,17-19H2,1H3/t26-,27-/m0/s1. The highest BCUT2D eigenvalue weighted by atomic mass is 35.5. The number of nitrogens with zero attached hydrogens (tertiary/aromatic N) is 1.